The Morgan fingerprint density at radius 2 is 1.80 bits per heavy atom. The number of carbonyl (C=O) groups is 3. The molecule has 1 N–H and O–H groups in total. The molecule has 1 aromatic rings. The number of nitrogens with zero attached hydrogens (tertiary/aromatic N) is 4. The van der Waals surface area contributed by atoms with Crippen LogP contribution in [0.1, 0.15) is 104 Å². The van der Waals surface area contributed by atoms with E-state index in [4.69, 9.17) is 14.5 Å². The molecule has 0 saturated carbocycles. The summed E-state index contributed by atoms with van der Waals surface area (Å²) < 4.78 is 10.7. The molecule has 10 nitrogen and oxygen atoms in total. The SMILES string of the molecule is CCCCCNc1nc(C(C)(C)C)ncc1C(=O)N(CC(C)C)[C@H]1C[C@@H](C(=O)OC)CN(C(=O)OC(C)(C)C)C1. The maximum absolute atomic E-state index is 14.3. The highest BCUT2D eigenvalue weighted by Crippen LogP contribution is 2.28. The van der Waals surface area contributed by atoms with Gasteiger partial charge in [-0.1, -0.05) is 54.4 Å². The molecule has 1 aliphatic heterocycles. The topological polar surface area (TPSA) is 114 Å². The number of likely N-dealkylation sites (tertiary alicyclic amines) is 1. The van der Waals surface area contributed by atoms with Gasteiger partial charge >= 0.3 is 12.1 Å². The summed E-state index contributed by atoms with van der Waals surface area (Å²) in [6, 6.07) is -0.421. The minimum atomic E-state index is -0.692. The van der Waals surface area contributed by atoms with E-state index in [1.54, 1.807) is 31.9 Å². The monoisotopic (exact) mass is 561 g/mol. The number of piperidine rings is 1. The fourth-order valence-electron chi connectivity index (χ4n) is 4.67. The summed E-state index contributed by atoms with van der Waals surface area (Å²) in [5, 5.41) is 3.38. The Morgan fingerprint density at radius 3 is 2.35 bits per heavy atom. The Kier molecular flexibility index (Phi) is 11.8. The van der Waals surface area contributed by atoms with Gasteiger partial charge in [0, 0.05) is 37.8 Å². The van der Waals surface area contributed by atoms with Crippen molar-refractivity contribution in [2.45, 2.75) is 105 Å². The van der Waals surface area contributed by atoms with Gasteiger partial charge in [0.1, 0.15) is 22.8 Å². The number of carbonyl (C=O) groups excluding carboxylic acids is 3. The van der Waals surface area contributed by atoms with E-state index in [0.29, 0.717) is 36.7 Å². The normalized spacial score (nSPS) is 17.9. The van der Waals surface area contributed by atoms with E-state index in [9.17, 15) is 14.4 Å². The maximum atomic E-state index is 14.3. The summed E-state index contributed by atoms with van der Waals surface area (Å²) in [7, 11) is 1.34. The number of nitrogens with one attached hydrogen (secondary N) is 1. The molecule has 0 aliphatic carbocycles. The van der Waals surface area contributed by atoms with E-state index in [-0.39, 0.29) is 30.3 Å². The van der Waals surface area contributed by atoms with Gasteiger partial charge in [-0.15, -0.1) is 0 Å². The lowest BCUT2D eigenvalue weighted by Gasteiger charge is -2.42. The third kappa shape index (κ3) is 9.63. The van der Waals surface area contributed by atoms with Crippen LogP contribution in [0.15, 0.2) is 6.20 Å². The molecule has 0 radical (unpaired) electrons. The highest BCUT2D eigenvalue weighted by molar-refractivity contribution is 5.98. The van der Waals surface area contributed by atoms with Crippen LogP contribution in [0.2, 0.25) is 0 Å². The summed E-state index contributed by atoms with van der Waals surface area (Å²) in [6.45, 7) is 19.3. The molecular formula is C30H51N5O5. The molecule has 0 aromatic carbocycles. The fourth-order valence-corrected chi connectivity index (χ4v) is 4.67. The zero-order valence-corrected chi connectivity index (χ0v) is 26.3. The number of hydrogen-bond acceptors (Lipinski definition) is 8. The van der Waals surface area contributed by atoms with E-state index < -0.39 is 29.6 Å². The standard InChI is InChI=1S/C30H51N5O5/c1-11-12-13-14-31-24-23(16-32-27(33-24)29(4,5)6)25(36)35(17-20(2)3)22-15-21(26(37)39-10)18-34(19-22)28(38)40-30(7,8)9/h16,20-22H,11-15,17-19H2,1-10H3,(H,31,32,33)/t21-,22+/m1/s1. The first kappa shape index (κ1) is 33.3. The number of rotatable bonds is 10. The Balaban J connectivity index is 2.49. The van der Waals surface area contributed by atoms with E-state index in [0.717, 1.165) is 19.3 Å². The number of aromatic nitrogens is 2. The van der Waals surface area contributed by atoms with Crippen molar-refractivity contribution < 1.29 is 23.9 Å². The van der Waals surface area contributed by atoms with Crippen molar-refractivity contribution in [3.63, 3.8) is 0 Å². The van der Waals surface area contributed by atoms with Gasteiger partial charge in [-0.3, -0.25) is 9.59 Å². The number of anilines is 1. The van der Waals surface area contributed by atoms with Crippen molar-refractivity contribution in [1.29, 1.82) is 0 Å². The van der Waals surface area contributed by atoms with Crippen LogP contribution < -0.4 is 5.32 Å². The summed E-state index contributed by atoms with van der Waals surface area (Å²) >= 11 is 0. The van der Waals surface area contributed by atoms with Gasteiger partial charge in [-0.2, -0.15) is 0 Å². The molecule has 2 heterocycles. The molecule has 2 atom stereocenters. The first-order valence-electron chi connectivity index (χ1n) is 14.6. The molecule has 1 saturated heterocycles. The van der Waals surface area contributed by atoms with Crippen molar-refractivity contribution in [2.24, 2.45) is 11.8 Å². The summed E-state index contributed by atoms with van der Waals surface area (Å²) in [5.74, 6) is 0.0901. The van der Waals surface area contributed by atoms with Crippen molar-refractivity contribution in [3.05, 3.63) is 17.6 Å². The number of hydrogen-bond donors (Lipinski definition) is 1. The summed E-state index contributed by atoms with van der Waals surface area (Å²) in [4.78, 5) is 52.6. The predicted molar refractivity (Wildman–Crippen MR) is 156 cm³/mol. The lowest BCUT2D eigenvalue weighted by atomic mass is 9.92. The molecule has 1 aromatic heterocycles. The Bertz CT molecular complexity index is 1010. The van der Waals surface area contributed by atoms with E-state index >= 15 is 0 Å². The molecule has 0 unspecified atom stereocenters. The number of amides is 2. The van der Waals surface area contributed by atoms with Gasteiger partial charge in [0.2, 0.25) is 0 Å². The van der Waals surface area contributed by atoms with Crippen LogP contribution >= 0.6 is 0 Å². The van der Waals surface area contributed by atoms with Crippen molar-refractivity contribution in [3.8, 4) is 0 Å². The number of esters is 1. The number of unbranched alkanes of at least 4 members (excludes halogenated alkanes) is 2. The Hall–Kier alpha value is -2.91. The van der Waals surface area contributed by atoms with E-state index in [2.05, 4.69) is 17.2 Å². The minimum Gasteiger partial charge on any atom is -0.469 e. The van der Waals surface area contributed by atoms with Gasteiger partial charge in [0.15, 0.2) is 0 Å². The molecule has 2 rings (SSSR count). The maximum Gasteiger partial charge on any atom is 0.410 e. The largest absolute Gasteiger partial charge is 0.469 e. The molecule has 0 spiro atoms. The average Bonchev–Trinajstić information content (AvgIpc) is 2.86. The smallest absolute Gasteiger partial charge is 0.410 e. The van der Waals surface area contributed by atoms with Crippen LogP contribution in [0, 0.1) is 11.8 Å². The molecule has 40 heavy (non-hydrogen) atoms. The van der Waals surface area contributed by atoms with Gasteiger partial charge in [-0.25, -0.2) is 14.8 Å². The van der Waals surface area contributed by atoms with Crippen molar-refractivity contribution in [2.75, 3.05) is 38.6 Å². The van der Waals surface area contributed by atoms with Crippen LogP contribution in [0.4, 0.5) is 10.6 Å². The highest BCUT2D eigenvalue weighted by Gasteiger charge is 2.40. The molecule has 10 heteroatoms. The predicted octanol–water partition coefficient (Wildman–Crippen LogP) is 5.27. The van der Waals surface area contributed by atoms with Gasteiger partial charge in [-0.05, 0) is 39.5 Å². The third-order valence-corrected chi connectivity index (χ3v) is 6.64. The number of ether oxygens (including phenoxy) is 2. The second kappa shape index (κ2) is 14.1. The van der Waals surface area contributed by atoms with Crippen LogP contribution in [-0.4, -0.2) is 82.7 Å². The van der Waals surface area contributed by atoms with Crippen LogP contribution in [0.5, 0.6) is 0 Å². The lowest BCUT2D eigenvalue weighted by Crippen LogP contribution is -2.57. The Morgan fingerprint density at radius 1 is 1.12 bits per heavy atom. The summed E-state index contributed by atoms with van der Waals surface area (Å²) in [5.41, 5.74) is -0.596. The number of methoxy groups -OCH3 is 1. The summed E-state index contributed by atoms with van der Waals surface area (Å²) in [6.07, 6.45) is 4.60. The molecule has 226 valence electrons. The van der Waals surface area contributed by atoms with Gasteiger partial charge in [0.05, 0.1) is 19.1 Å². The zero-order chi connectivity index (χ0) is 30.3. The van der Waals surface area contributed by atoms with Crippen molar-refractivity contribution >= 4 is 23.8 Å². The third-order valence-electron chi connectivity index (χ3n) is 6.64. The molecule has 1 aliphatic rings. The lowest BCUT2D eigenvalue weighted by molar-refractivity contribution is -0.148. The minimum absolute atomic E-state index is 0.146. The van der Waals surface area contributed by atoms with E-state index in [1.165, 1.54) is 12.0 Å². The molecule has 0 bridgehead atoms. The van der Waals surface area contributed by atoms with Crippen molar-refractivity contribution in [1.82, 2.24) is 19.8 Å². The van der Waals surface area contributed by atoms with Gasteiger partial charge < -0.3 is 24.6 Å². The van der Waals surface area contributed by atoms with E-state index in [1.807, 2.05) is 34.6 Å². The first-order chi connectivity index (χ1) is 18.6. The van der Waals surface area contributed by atoms with Gasteiger partial charge in [0.25, 0.3) is 5.91 Å². The average molecular weight is 562 g/mol. The molecule has 1 fully saturated rings. The zero-order valence-electron chi connectivity index (χ0n) is 26.3. The Labute approximate surface area is 240 Å². The highest BCUT2D eigenvalue weighted by atomic mass is 16.6. The first-order valence-corrected chi connectivity index (χ1v) is 14.6. The second-order valence-corrected chi connectivity index (χ2v) is 13.2. The van der Waals surface area contributed by atoms with Crippen LogP contribution in [-0.2, 0) is 19.7 Å². The van der Waals surface area contributed by atoms with Crippen LogP contribution in [0.3, 0.4) is 0 Å². The second-order valence-electron chi connectivity index (χ2n) is 13.2. The fraction of sp³-hybridized carbons (Fsp3) is 0.767. The molecule has 2 amide bonds. The van der Waals surface area contributed by atoms with Crippen LogP contribution in [0.25, 0.3) is 0 Å². The quantitative estimate of drug-likeness (QED) is 0.303. The molecular weight excluding hydrogens is 510 g/mol.